The predicted octanol–water partition coefficient (Wildman–Crippen LogP) is 2.90. The summed E-state index contributed by atoms with van der Waals surface area (Å²) in [5.41, 5.74) is 4.21. The van der Waals surface area contributed by atoms with E-state index in [1.54, 1.807) is 6.08 Å². The zero-order valence-electron chi connectivity index (χ0n) is 16.2. The number of nitrogens with zero attached hydrogens (tertiary/aromatic N) is 2. The summed E-state index contributed by atoms with van der Waals surface area (Å²) in [5.74, 6) is 3.69. The molecule has 4 nitrogen and oxygen atoms in total. The largest absolute Gasteiger partial charge is 0.310 e. The van der Waals surface area contributed by atoms with Gasteiger partial charge in [0.2, 0.25) is 0 Å². The molecule has 0 amide bonds. The van der Waals surface area contributed by atoms with Gasteiger partial charge in [-0.2, -0.15) is 0 Å². The molecule has 1 aliphatic heterocycles. The van der Waals surface area contributed by atoms with Crippen LogP contribution in [-0.2, 0) is 19.3 Å². The molecule has 1 aliphatic rings. The second-order valence-corrected chi connectivity index (χ2v) is 7.40. The van der Waals surface area contributed by atoms with Crippen LogP contribution in [-0.4, -0.2) is 34.5 Å². The minimum absolute atomic E-state index is 0.0178. The molecule has 0 bridgehead atoms. The average molecular weight is 361 g/mol. The van der Waals surface area contributed by atoms with Gasteiger partial charge < -0.3 is 9.88 Å². The molecule has 1 aromatic carbocycles. The lowest BCUT2D eigenvalue weighted by atomic mass is 10.1. The molecule has 4 heteroatoms. The Labute approximate surface area is 161 Å². The third kappa shape index (κ3) is 5.18. The van der Waals surface area contributed by atoms with Crippen LogP contribution < -0.4 is 5.56 Å². The summed E-state index contributed by atoms with van der Waals surface area (Å²) < 4.78 is 0. The number of aromatic nitrogens is 2. The third-order valence-corrected chi connectivity index (χ3v) is 5.05. The number of benzene rings is 1. The predicted molar refractivity (Wildman–Crippen MR) is 110 cm³/mol. The standard InChI is InChI=1S/C23H27N3O/c1-4-5-6-18(3)16-26-13-11-20-21(12-14-26)24-22(25-23(20)27)15-19-9-7-17(2)8-10-19/h1,5-10,18H,11-16H2,2-3H3,(H,24,25,27)/b6-5-. The molecule has 1 unspecified atom stereocenters. The van der Waals surface area contributed by atoms with E-state index >= 15 is 0 Å². The van der Waals surface area contributed by atoms with E-state index in [0.717, 1.165) is 55.1 Å². The molecule has 140 valence electrons. The van der Waals surface area contributed by atoms with Gasteiger partial charge in [-0.3, -0.25) is 4.79 Å². The first-order valence-corrected chi connectivity index (χ1v) is 9.57. The lowest BCUT2D eigenvalue weighted by molar-refractivity contribution is 0.265. The number of rotatable bonds is 5. The maximum atomic E-state index is 12.6. The molecule has 0 saturated heterocycles. The first kappa shape index (κ1) is 19.1. The normalized spacial score (nSPS) is 15.9. The molecular formula is C23H27N3O. The van der Waals surface area contributed by atoms with Crippen molar-refractivity contribution >= 4 is 0 Å². The van der Waals surface area contributed by atoms with Crippen molar-refractivity contribution < 1.29 is 0 Å². The number of fused-ring (bicyclic) bond motifs is 1. The molecule has 0 radical (unpaired) electrons. The Morgan fingerprint density at radius 1 is 1.30 bits per heavy atom. The number of H-pyrrole nitrogens is 1. The molecular weight excluding hydrogens is 334 g/mol. The monoisotopic (exact) mass is 361 g/mol. The molecule has 3 rings (SSSR count). The fourth-order valence-electron chi connectivity index (χ4n) is 3.56. The molecule has 2 heterocycles. The van der Waals surface area contributed by atoms with Crippen LogP contribution in [0, 0.1) is 25.2 Å². The van der Waals surface area contributed by atoms with Gasteiger partial charge in [0, 0.05) is 38.0 Å². The Morgan fingerprint density at radius 2 is 2.04 bits per heavy atom. The van der Waals surface area contributed by atoms with Gasteiger partial charge in [-0.1, -0.05) is 48.7 Å². The Balaban J connectivity index is 1.71. The summed E-state index contributed by atoms with van der Waals surface area (Å²) in [7, 11) is 0. The smallest absolute Gasteiger partial charge is 0.254 e. The first-order chi connectivity index (χ1) is 13.0. The summed E-state index contributed by atoms with van der Waals surface area (Å²) in [5, 5.41) is 0. The van der Waals surface area contributed by atoms with Gasteiger partial charge in [-0.05, 0) is 30.9 Å². The molecule has 1 aromatic heterocycles. The van der Waals surface area contributed by atoms with Gasteiger partial charge in [-0.15, -0.1) is 6.42 Å². The molecule has 0 saturated carbocycles. The highest BCUT2D eigenvalue weighted by Crippen LogP contribution is 2.14. The van der Waals surface area contributed by atoms with Crippen molar-refractivity contribution in [1.82, 2.24) is 14.9 Å². The summed E-state index contributed by atoms with van der Waals surface area (Å²) in [6.07, 6.45) is 11.3. The van der Waals surface area contributed by atoms with E-state index in [4.69, 9.17) is 11.4 Å². The zero-order chi connectivity index (χ0) is 19.2. The number of aryl methyl sites for hydroxylation is 1. The van der Waals surface area contributed by atoms with Crippen LogP contribution in [0.25, 0.3) is 0 Å². The van der Waals surface area contributed by atoms with Gasteiger partial charge >= 0.3 is 0 Å². The number of hydrogen-bond donors (Lipinski definition) is 1. The van der Waals surface area contributed by atoms with Crippen LogP contribution in [0.1, 0.15) is 35.1 Å². The molecule has 1 N–H and O–H groups in total. The molecule has 0 fully saturated rings. The van der Waals surface area contributed by atoms with Gasteiger partial charge in [-0.25, -0.2) is 4.98 Å². The Kier molecular flexibility index (Phi) is 6.26. The lowest BCUT2D eigenvalue weighted by Crippen LogP contribution is -2.30. The summed E-state index contributed by atoms with van der Waals surface area (Å²) in [4.78, 5) is 22.8. The number of nitrogens with one attached hydrogen (secondary N) is 1. The number of hydrogen-bond acceptors (Lipinski definition) is 3. The fourth-order valence-corrected chi connectivity index (χ4v) is 3.56. The van der Waals surface area contributed by atoms with E-state index in [1.807, 2.05) is 0 Å². The van der Waals surface area contributed by atoms with Crippen molar-refractivity contribution in [3.8, 4) is 12.3 Å². The third-order valence-electron chi connectivity index (χ3n) is 5.05. The van der Waals surface area contributed by atoms with Crippen LogP contribution in [0.2, 0.25) is 0 Å². The molecule has 0 aliphatic carbocycles. The van der Waals surface area contributed by atoms with Crippen molar-refractivity contribution in [3.05, 3.63) is 75.0 Å². The first-order valence-electron chi connectivity index (χ1n) is 9.57. The minimum Gasteiger partial charge on any atom is -0.310 e. The van der Waals surface area contributed by atoms with Crippen LogP contribution in [0.15, 0.2) is 41.2 Å². The van der Waals surface area contributed by atoms with E-state index < -0.39 is 0 Å². The summed E-state index contributed by atoms with van der Waals surface area (Å²) >= 11 is 0. The van der Waals surface area contributed by atoms with Gasteiger partial charge in [0.25, 0.3) is 5.56 Å². The second kappa shape index (κ2) is 8.83. The average Bonchev–Trinajstić information content (AvgIpc) is 2.85. The highest BCUT2D eigenvalue weighted by Gasteiger charge is 2.19. The van der Waals surface area contributed by atoms with E-state index in [2.05, 4.69) is 60.0 Å². The highest BCUT2D eigenvalue weighted by molar-refractivity contribution is 5.26. The number of allylic oxidation sites excluding steroid dienone is 1. The van der Waals surface area contributed by atoms with Crippen LogP contribution in [0.4, 0.5) is 0 Å². The Bertz CT molecular complexity index is 903. The van der Waals surface area contributed by atoms with Gasteiger partial charge in [0.1, 0.15) is 5.82 Å². The number of aromatic amines is 1. The quantitative estimate of drug-likeness (QED) is 0.833. The molecule has 1 atom stereocenters. The van der Waals surface area contributed by atoms with Crippen molar-refractivity contribution in [3.63, 3.8) is 0 Å². The Morgan fingerprint density at radius 3 is 2.78 bits per heavy atom. The second-order valence-electron chi connectivity index (χ2n) is 7.40. The fraction of sp³-hybridized carbons (Fsp3) is 0.391. The lowest BCUT2D eigenvalue weighted by Gasteiger charge is -2.21. The van der Waals surface area contributed by atoms with E-state index in [0.29, 0.717) is 12.3 Å². The van der Waals surface area contributed by atoms with Crippen LogP contribution >= 0.6 is 0 Å². The Hall–Kier alpha value is -2.64. The van der Waals surface area contributed by atoms with E-state index in [-0.39, 0.29) is 5.56 Å². The van der Waals surface area contributed by atoms with Crippen molar-refractivity contribution in [1.29, 1.82) is 0 Å². The maximum absolute atomic E-state index is 12.6. The van der Waals surface area contributed by atoms with Crippen LogP contribution in [0.5, 0.6) is 0 Å². The molecule has 27 heavy (non-hydrogen) atoms. The van der Waals surface area contributed by atoms with Crippen LogP contribution in [0.3, 0.4) is 0 Å². The molecule has 0 spiro atoms. The topological polar surface area (TPSA) is 49.0 Å². The van der Waals surface area contributed by atoms with Crippen molar-refractivity contribution in [2.45, 2.75) is 33.1 Å². The van der Waals surface area contributed by atoms with Gasteiger partial charge in [0.05, 0.1) is 5.69 Å². The minimum atomic E-state index is 0.0178. The number of terminal acetylenes is 1. The van der Waals surface area contributed by atoms with Gasteiger partial charge in [0.15, 0.2) is 0 Å². The van der Waals surface area contributed by atoms with Crippen molar-refractivity contribution in [2.24, 2.45) is 5.92 Å². The zero-order valence-corrected chi connectivity index (χ0v) is 16.2. The SMILES string of the molecule is C#C/C=C\C(C)CN1CCc2nc(Cc3ccc(C)cc3)[nH]c(=O)c2CC1. The molecule has 2 aromatic rings. The van der Waals surface area contributed by atoms with Crippen molar-refractivity contribution in [2.75, 3.05) is 19.6 Å². The summed E-state index contributed by atoms with van der Waals surface area (Å²) in [6, 6.07) is 8.36. The maximum Gasteiger partial charge on any atom is 0.254 e. The highest BCUT2D eigenvalue weighted by atomic mass is 16.1. The van der Waals surface area contributed by atoms with E-state index in [9.17, 15) is 4.79 Å². The van der Waals surface area contributed by atoms with E-state index in [1.165, 1.54) is 5.56 Å². The summed E-state index contributed by atoms with van der Waals surface area (Å²) in [6.45, 7) is 6.98.